The highest BCUT2D eigenvalue weighted by Crippen LogP contribution is 2.07. The van der Waals surface area contributed by atoms with Crippen molar-refractivity contribution in [3.8, 4) is 0 Å². The summed E-state index contributed by atoms with van der Waals surface area (Å²) in [6, 6.07) is 10.0. The van der Waals surface area contributed by atoms with Crippen molar-refractivity contribution in [3.05, 3.63) is 48.6 Å². The average Bonchev–Trinajstić information content (AvgIpc) is 3.08. The molecule has 1 saturated heterocycles. The van der Waals surface area contributed by atoms with Crippen LogP contribution in [0.2, 0.25) is 0 Å². The van der Waals surface area contributed by atoms with Gasteiger partial charge in [-0.25, -0.2) is 0 Å². The number of hydrogen-bond acceptors (Lipinski definition) is 3. The average molecular weight is 315 g/mol. The summed E-state index contributed by atoms with van der Waals surface area (Å²) in [5, 5.41) is 2.73. The molecule has 0 bridgehead atoms. The molecule has 0 atom stereocenters. The predicted molar refractivity (Wildman–Crippen MR) is 90.7 cm³/mol. The molecule has 1 aromatic rings. The van der Waals surface area contributed by atoms with Gasteiger partial charge in [0.2, 0.25) is 11.8 Å². The van der Waals surface area contributed by atoms with Crippen molar-refractivity contribution in [1.82, 2.24) is 15.1 Å². The van der Waals surface area contributed by atoms with E-state index >= 15 is 0 Å². The van der Waals surface area contributed by atoms with Crippen molar-refractivity contribution >= 4 is 11.8 Å². The van der Waals surface area contributed by atoms with E-state index in [9.17, 15) is 9.59 Å². The van der Waals surface area contributed by atoms with Gasteiger partial charge in [0.05, 0.1) is 13.1 Å². The van der Waals surface area contributed by atoms with Crippen LogP contribution in [-0.4, -0.2) is 54.3 Å². The van der Waals surface area contributed by atoms with Gasteiger partial charge in [-0.05, 0) is 18.4 Å². The Morgan fingerprint density at radius 2 is 1.91 bits per heavy atom. The number of benzene rings is 1. The lowest BCUT2D eigenvalue weighted by molar-refractivity contribution is -0.132. The normalized spacial score (nSPS) is 14.0. The topological polar surface area (TPSA) is 52.7 Å². The Kier molecular flexibility index (Phi) is 6.81. The highest BCUT2D eigenvalue weighted by atomic mass is 16.2. The molecule has 0 unspecified atom stereocenters. The largest absolute Gasteiger partial charge is 0.346 e. The molecule has 124 valence electrons. The summed E-state index contributed by atoms with van der Waals surface area (Å²) in [7, 11) is 0. The van der Waals surface area contributed by atoms with E-state index in [2.05, 4.69) is 11.9 Å². The maximum atomic E-state index is 12.1. The Morgan fingerprint density at radius 1 is 1.22 bits per heavy atom. The summed E-state index contributed by atoms with van der Waals surface area (Å²) in [5.41, 5.74) is 1.15. The third-order valence-corrected chi connectivity index (χ3v) is 3.90. The fraction of sp³-hybridized carbons (Fsp3) is 0.444. The molecule has 5 nitrogen and oxygen atoms in total. The lowest BCUT2D eigenvalue weighted by atomic mass is 10.2. The number of carbonyl (C=O) groups excluding carboxylic acids is 2. The van der Waals surface area contributed by atoms with E-state index in [1.54, 1.807) is 6.08 Å². The van der Waals surface area contributed by atoms with Crippen LogP contribution >= 0.6 is 0 Å². The van der Waals surface area contributed by atoms with Gasteiger partial charge in [-0.3, -0.25) is 14.5 Å². The van der Waals surface area contributed by atoms with Crippen LogP contribution in [0.5, 0.6) is 0 Å². The molecule has 5 heteroatoms. The van der Waals surface area contributed by atoms with Crippen molar-refractivity contribution in [2.45, 2.75) is 19.4 Å². The van der Waals surface area contributed by atoms with Crippen LogP contribution in [0.1, 0.15) is 18.4 Å². The molecule has 1 aliphatic rings. The van der Waals surface area contributed by atoms with Crippen molar-refractivity contribution in [3.63, 3.8) is 0 Å². The number of amides is 2. The third-order valence-electron chi connectivity index (χ3n) is 3.90. The second-order valence-electron chi connectivity index (χ2n) is 5.81. The monoisotopic (exact) mass is 315 g/mol. The summed E-state index contributed by atoms with van der Waals surface area (Å²) >= 11 is 0. The Morgan fingerprint density at radius 3 is 2.57 bits per heavy atom. The van der Waals surface area contributed by atoms with Crippen LogP contribution in [0.4, 0.5) is 0 Å². The van der Waals surface area contributed by atoms with E-state index in [1.165, 1.54) is 0 Å². The van der Waals surface area contributed by atoms with Crippen LogP contribution < -0.4 is 5.32 Å². The van der Waals surface area contributed by atoms with Crippen LogP contribution in [0.3, 0.4) is 0 Å². The van der Waals surface area contributed by atoms with Crippen molar-refractivity contribution in [2.75, 3.05) is 32.7 Å². The van der Waals surface area contributed by atoms with Crippen LogP contribution in [-0.2, 0) is 16.1 Å². The van der Waals surface area contributed by atoms with Gasteiger partial charge in [0.1, 0.15) is 0 Å². The first-order valence-corrected chi connectivity index (χ1v) is 8.10. The van der Waals surface area contributed by atoms with Gasteiger partial charge in [0, 0.05) is 26.2 Å². The number of carbonyl (C=O) groups is 2. The van der Waals surface area contributed by atoms with Gasteiger partial charge in [0.15, 0.2) is 0 Å². The molecule has 1 aliphatic heterocycles. The molecule has 2 amide bonds. The third kappa shape index (κ3) is 5.87. The minimum absolute atomic E-state index is 0.00850. The molecule has 0 aliphatic carbocycles. The summed E-state index contributed by atoms with van der Waals surface area (Å²) in [4.78, 5) is 27.8. The van der Waals surface area contributed by atoms with Crippen LogP contribution in [0.25, 0.3) is 0 Å². The highest BCUT2D eigenvalue weighted by Gasteiger charge is 2.18. The second-order valence-corrected chi connectivity index (χ2v) is 5.81. The molecule has 2 rings (SSSR count). The van der Waals surface area contributed by atoms with Crippen molar-refractivity contribution in [2.24, 2.45) is 0 Å². The SMILES string of the molecule is C=CCN(CC(=O)NCC(=O)N1CCCC1)Cc1ccccc1. The van der Waals surface area contributed by atoms with Gasteiger partial charge in [-0.15, -0.1) is 6.58 Å². The molecule has 1 aromatic carbocycles. The van der Waals surface area contributed by atoms with Gasteiger partial charge < -0.3 is 10.2 Å². The maximum absolute atomic E-state index is 12.1. The van der Waals surface area contributed by atoms with E-state index in [0.29, 0.717) is 13.1 Å². The summed E-state index contributed by atoms with van der Waals surface area (Å²) in [6.07, 6.45) is 3.90. The van der Waals surface area contributed by atoms with Crippen molar-refractivity contribution in [1.29, 1.82) is 0 Å². The molecule has 0 spiro atoms. The minimum Gasteiger partial charge on any atom is -0.346 e. The molecular formula is C18H25N3O2. The zero-order valence-electron chi connectivity index (χ0n) is 13.5. The van der Waals surface area contributed by atoms with E-state index in [-0.39, 0.29) is 24.9 Å². The lowest BCUT2D eigenvalue weighted by Gasteiger charge is -2.21. The summed E-state index contributed by atoms with van der Waals surface area (Å²) in [5.74, 6) is -0.121. The van der Waals surface area contributed by atoms with Crippen LogP contribution in [0, 0.1) is 0 Å². The summed E-state index contributed by atoms with van der Waals surface area (Å²) in [6.45, 7) is 7.02. The number of nitrogens with one attached hydrogen (secondary N) is 1. The standard InChI is InChI=1S/C18H25N3O2/c1-2-10-20(14-16-8-4-3-5-9-16)15-17(22)19-13-18(23)21-11-6-7-12-21/h2-5,8-9H,1,6-7,10-15H2,(H,19,22). The Labute approximate surface area is 138 Å². The zero-order chi connectivity index (χ0) is 16.5. The fourth-order valence-electron chi connectivity index (χ4n) is 2.72. The number of nitrogens with zero attached hydrogens (tertiary/aromatic N) is 2. The van der Waals surface area contributed by atoms with E-state index < -0.39 is 0 Å². The van der Waals surface area contributed by atoms with Gasteiger partial charge >= 0.3 is 0 Å². The first kappa shape index (κ1) is 17.2. The minimum atomic E-state index is -0.129. The number of hydrogen-bond donors (Lipinski definition) is 1. The lowest BCUT2D eigenvalue weighted by Crippen LogP contribution is -2.42. The number of likely N-dealkylation sites (tertiary alicyclic amines) is 1. The molecule has 23 heavy (non-hydrogen) atoms. The molecule has 0 radical (unpaired) electrons. The van der Waals surface area contributed by atoms with Gasteiger partial charge in [-0.2, -0.15) is 0 Å². The van der Waals surface area contributed by atoms with Crippen LogP contribution in [0.15, 0.2) is 43.0 Å². The first-order valence-electron chi connectivity index (χ1n) is 8.10. The first-order chi connectivity index (χ1) is 11.2. The highest BCUT2D eigenvalue weighted by molar-refractivity contribution is 5.85. The van der Waals surface area contributed by atoms with Gasteiger partial charge in [-0.1, -0.05) is 36.4 Å². The smallest absolute Gasteiger partial charge is 0.241 e. The molecule has 0 aromatic heterocycles. The number of rotatable bonds is 8. The van der Waals surface area contributed by atoms with Gasteiger partial charge in [0.25, 0.3) is 0 Å². The van der Waals surface area contributed by atoms with E-state index in [1.807, 2.05) is 40.1 Å². The maximum Gasteiger partial charge on any atom is 0.241 e. The Hall–Kier alpha value is -2.14. The zero-order valence-corrected chi connectivity index (χ0v) is 13.5. The molecular weight excluding hydrogens is 290 g/mol. The molecule has 1 N–H and O–H groups in total. The fourth-order valence-corrected chi connectivity index (χ4v) is 2.72. The molecule has 1 heterocycles. The second kappa shape index (κ2) is 9.10. The molecule has 0 saturated carbocycles. The Balaban J connectivity index is 1.78. The van der Waals surface area contributed by atoms with Crippen molar-refractivity contribution < 1.29 is 9.59 Å². The van der Waals surface area contributed by atoms with E-state index in [0.717, 1.165) is 31.5 Å². The quantitative estimate of drug-likeness (QED) is 0.738. The van der Waals surface area contributed by atoms with E-state index in [4.69, 9.17) is 0 Å². The summed E-state index contributed by atoms with van der Waals surface area (Å²) < 4.78 is 0. The predicted octanol–water partition coefficient (Wildman–Crippen LogP) is 1.41. The Bertz CT molecular complexity index is 524. The molecule has 1 fully saturated rings.